The maximum Gasteiger partial charge on any atom is 0.410 e. The van der Waals surface area contributed by atoms with Crippen LogP contribution in [-0.4, -0.2) is 34.8 Å². The molecule has 1 saturated heterocycles. The number of fused-ring (bicyclic) bond motifs is 1. The Morgan fingerprint density at radius 2 is 2.32 bits per heavy atom. The monoisotopic (exact) mass is 264 g/mol. The van der Waals surface area contributed by atoms with Gasteiger partial charge in [0.1, 0.15) is 11.9 Å². The van der Waals surface area contributed by atoms with Crippen LogP contribution in [0.4, 0.5) is 4.79 Å². The summed E-state index contributed by atoms with van der Waals surface area (Å²) in [5.74, 6) is 0.504. The molecule has 19 heavy (non-hydrogen) atoms. The SMILES string of the molecule is Cc1conc1C12CC1CN(C(=O)OC(C)(C)C)C2. The van der Waals surface area contributed by atoms with E-state index in [2.05, 4.69) is 5.16 Å². The zero-order valence-corrected chi connectivity index (χ0v) is 11.9. The van der Waals surface area contributed by atoms with Crippen molar-refractivity contribution in [3.63, 3.8) is 0 Å². The van der Waals surface area contributed by atoms with Crippen LogP contribution in [0.15, 0.2) is 10.8 Å². The van der Waals surface area contributed by atoms with Gasteiger partial charge in [0.15, 0.2) is 0 Å². The first-order valence-corrected chi connectivity index (χ1v) is 6.71. The number of aryl methyl sites for hydroxylation is 1. The summed E-state index contributed by atoms with van der Waals surface area (Å²) in [5.41, 5.74) is 1.67. The molecular weight excluding hydrogens is 244 g/mol. The van der Waals surface area contributed by atoms with E-state index in [4.69, 9.17) is 9.26 Å². The number of nitrogens with zero attached hydrogens (tertiary/aromatic N) is 2. The molecule has 5 heteroatoms. The summed E-state index contributed by atoms with van der Waals surface area (Å²) in [4.78, 5) is 13.9. The van der Waals surface area contributed by atoms with E-state index in [1.54, 1.807) is 11.2 Å². The van der Waals surface area contributed by atoms with Gasteiger partial charge in [0, 0.05) is 24.1 Å². The van der Waals surface area contributed by atoms with Gasteiger partial charge in [-0.25, -0.2) is 4.79 Å². The van der Waals surface area contributed by atoms with Crippen molar-refractivity contribution >= 4 is 6.09 Å². The third-order valence-corrected chi connectivity index (χ3v) is 4.02. The normalized spacial score (nSPS) is 29.3. The van der Waals surface area contributed by atoms with E-state index >= 15 is 0 Å². The number of hydrogen-bond acceptors (Lipinski definition) is 4. The third kappa shape index (κ3) is 2.01. The van der Waals surface area contributed by atoms with Gasteiger partial charge in [-0.05, 0) is 40.0 Å². The van der Waals surface area contributed by atoms with Crippen molar-refractivity contribution < 1.29 is 14.1 Å². The van der Waals surface area contributed by atoms with Gasteiger partial charge >= 0.3 is 6.09 Å². The molecule has 0 bridgehead atoms. The van der Waals surface area contributed by atoms with E-state index in [0.29, 0.717) is 12.5 Å². The smallest absolute Gasteiger partial charge is 0.410 e. The van der Waals surface area contributed by atoms with Gasteiger partial charge < -0.3 is 14.2 Å². The number of carbonyl (C=O) groups is 1. The van der Waals surface area contributed by atoms with E-state index < -0.39 is 5.60 Å². The molecule has 1 aromatic heterocycles. The van der Waals surface area contributed by atoms with Gasteiger partial charge in [-0.1, -0.05) is 5.16 Å². The Morgan fingerprint density at radius 1 is 1.58 bits per heavy atom. The van der Waals surface area contributed by atoms with Crippen molar-refractivity contribution in [2.45, 2.75) is 45.1 Å². The maximum absolute atomic E-state index is 12.1. The summed E-state index contributed by atoms with van der Waals surface area (Å²) in [7, 11) is 0. The van der Waals surface area contributed by atoms with Crippen LogP contribution in [0, 0.1) is 12.8 Å². The number of rotatable bonds is 1. The summed E-state index contributed by atoms with van der Waals surface area (Å²) < 4.78 is 10.5. The molecule has 1 aliphatic heterocycles. The summed E-state index contributed by atoms with van der Waals surface area (Å²) >= 11 is 0. The fourth-order valence-electron chi connectivity index (χ4n) is 3.08. The topological polar surface area (TPSA) is 55.6 Å². The molecule has 0 N–H and O–H groups in total. The number of hydrogen-bond donors (Lipinski definition) is 0. The fraction of sp³-hybridized carbons (Fsp3) is 0.714. The largest absolute Gasteiger partial charge is 0.444 e. The summed E-state index contributed by atoms with van der Waals surface area (Å²) in [5, 5.41) is 4.13. The standard InChI is InChI=1S/C14H20N2O3/c1-9-7-18-15-11(9)14-5-10(14)6-16(8-14)12(17)19-13(2,3)4/h7,10H,5-6,8H2,1-4H3. The van der Waals surface area contributed by atoms with E-state index in [1.807, 2.05) is 27.7 Å². The lowest BCUT2D eigenvalue weighted by Crippen LogP contribution is -2.37. The average molecular weight is 264 g/mol. The van der Waals surface area contributed by atoms with Crippen LogP contribution in [0.2, 0.25) is 0 Å². The van der Waals surface area contributed by atoms with Crippen LogP contribution >= 0.6 is 0 Å². The molecule has 1 aromatic rings. The molecule has 0 radical (unpaired) electrons. The molecule has 2 unspecified atom stereocenters. The second-order valence-electron chi connectivity index (χ2n) is 6.76. The van der Waals surface area contributed by atoms with Crippen LogP contribution < -0.4 is 0 Å². The molecule has 2 atom stereocenters. The van der Waals surface area contributed by atoms with Gasteiger partial charge in [-0.3, -0.25) is 0 Å². The third-order valence-electron chi connectivity index (χ3n) is 4.02. The van der Waals surface area contributed by atoms with E-state index in [1.165, 1.54) is 0 Å². The summed E-state index contributed by atoms with van der Waals surface area (Å²) in [6.07, 6.45) is 2.55. The van der Waals surface area contributed by atoms with Crippen LogP contribution in [0.5, 0.6) is 0 Å². The van der Waals surface area contributed by atoms with Crippen molar-refractivity contribution in [1.29, 1.82) is 0 Å². The van der Waals surface area contributed by atoms with Gasteiger partial charge in [-0.15, -0.1) is 0 Å². The predicted molar refractivity (Wildman–Crippen MR) is 68.8 cm³/mol. The average Bonchev–Trinajstić information content (AvgIpc) is 2.68. The predicted octanol–water partition coefficient (Wildman–Crippen LogP) is 2.49. The van der Waals surface area contributed by atoms with Gasteiger partial charge in [0.2, 0.25) is 0 Å². The quantitative estimate of drug-likeness (QED) is 0.782. The van der Waals surface area contributed by atoms with E-state index in [9.17, 15) is 4.79 Å². The summed E-state index contributed by atoms with van der Waals surface area (Å²) in [6, 6.07) is 0. The molecule has 104 valence electrons. The van der Waals surface area contributed by atoms with Crippen LogP contribution in [0.1, 0.15) is 38.4 Å². The Morgan fingerprint density at radius 3 is 2.89 bits per heavy atom. The Balaban J connectivity index is 1.72. The lowest BCUT2D eigenvalue weighted by Gasteiger charge is -2.26. The zero-order chi connectivity index (χ0) is 13.8. The number of likely N-dealkylation sites (tertiary alicyclic amines) is 1. The van der Waals surface area contributed by atoms with Gasteiger partial charge in [0.25, 0.3) is 0 Å². The first-order valence-electron chi connectivity index (χ1n) is 6.71. The zero-order valence-electron chi connectivity index (χ0n) is 11.9. The molecule has 1 saturated carbocycles. The highest BCUT2D eigenvalue weighted by atomic mass is 16.6. The van der Waals surface area contributed by atoms with E-state index in [-0.39, 0.29) is 11.5 Å². The second-order valence-corrected chi connectivity index (χ2v) is 6.76. The Hall–Kier alpha value is -1.52. The van der Waals surface area contributed by atoms with Crippen molar-refractivity contribution in [1.82, 2.24) is 10.1 Å². The molecule has 1 aliphatic carbocycles. The number of amides is 1. The first kappa shape index (κ1) is 12.5. The Bertz CT molecular complexity index is 517. The van der Waals surface area contributed by atoms with Crippen molar-refractivity contribution in [3.8, 4) is 0 Å². The number of ether oxygens (including phenoxy) is 1. The number of carbonyl (C=O) groups excluding carboxylic acids is 1. The fourth-order valence-corrected chi connectivity index (χ4v) is 3.08. The molecule has 2 aliphatic rings. The van der Waals surface area contributed by atoms with Gasteiger partial charge in [0.05, 0.1) is 5.69 Å². The Kier molecular flexibility index (Phi) is 2.46. The summed E-state index contributed by atoms with van der Waals surface area (Å²) in [6.45, 7) is 9.13. The highest BCUT2D eigenvalue weighted by Crippen LogP contribution is 2.59. The van der Waals surface area contributed by atoms with E-state index in [0.717, 1.165) is 24.2 Å². The number of aromatic nitrogens is 1. The van der Waals surface area contributed by atoms with Crippen molar-refractivity contribution in [2.75, 3.05) is 13.1 Å². The minimum atomic E-state index is -0.444. The molecule has 2 fully saturated rings. The molecule has 3 rings (SSSR count). The maximum atomic E-state index is 12.1. The highest BCUT2D eigenvalue weighted by molar-refractivity contribution is 5.69. The molecular formula is C14H20N2O3. The molecule has 0 aromatic carbocycles. The second kappa shape index (κ2) is 3.74. The van der Waals surface area contributed by atoms with Crippen LogP contribution in [0.3, 0.4) is 0 Å². The first-order chi connectivity index (χ1) is 8.82. The highest BCUT2D eigenvalue weighted by Gasteiger charge is 2.64. The molecule has 2 heterocycles. The minimum absolute atomic E-state index is 0.0218. The Labute approximate surface area is 112 Å². The van der Waals surface area contributed by atoms with Crippen molar-refractivity contribution in [2.24, 2.45) is 5.92 Å². The molecule has 1 amide bonds. The van der Waals surface area contributed by atoms with Crippen molar-refractivity contribution in [3.05, 3.63) is 17.5 Å². The van der Waals surface area contributed by atoms with Crippen LogP contribution in [0.25, 0.3) is 0 Å². The van der Waals surface area contributed by atoms with Gasteiger partial charge in [-0.2, -0.15) is 0 Å². The number of piperidine rings is 1. The minimum Gasteiger partial charge on any atom is -0.444 e. The molecule has 5 nitrogen and oxygen atoms in total. The molecule has 0 spiro atoms. The lowest BCUT2D eigenvalue weighted by molar-refractivity contribution is 0.0269. The lowest BCUT2D eigenvalue weighted by atomic mass is 9.99. The van der Waals surface area contributed by atoms with Crippen LogP contribution in [-0.2, 0) is 10.2 Å².